The molecule has 0 saturated carbocycles. The van der Waals surface area contributed by atoms with Crippen molar-refractivity contribution >= 4 is 35.5 Å². The zero-order valence-corrected chi connectivity index (χ0v) is 31.8. The molecule has 0 radical (unpaired) electrons. The lowest BCUT2D eigenvalue weighted by Crippen LogP contribution is -2.22. The molecule has 0 spiro atoms. The van der Waals surface area contributed by atoms with Gasteiger partial charge in [-0.3, -0.25) is 4.79 Å². The second kappa shape index (κ2) is 20.1. The zero-order valence-electron chi connectivity index (χ0n) is 31.8. The Balaban J connectivity index is 1.01. The van der Waals surface area contributed by atoms with E-state index in [1.54, 1.807) is 72.8 Å². The highest BCUT2D eigenvalue weighted by Crippen LogP contribution is 2.28. The van der Waals surface area contributed by atoms with E-state index < -0.39 is 35.8 Å². The molecule has 0 bridgehead atoms. The van der Waals surface area contributed by atoms with Gasteiger partial charge in [-0.05, 0) is 95.1 Å². The van der Waals surface area contributed by atoms with Gasteiger partial charge >= 0.3 is 23.9 Å². The van der Waals surface area contributed by atoms with Crippen molar-refractivity contribution < 1.29 is 58.3 Å². The number of carboxylic acids is 2. The highest BCUT2D eigenvalue weighted by Gasteiger charge is 2.24. The summed E-state index contributed by atoms with van der Waals surface area (Å²) in [6.45, 7) is 0.312. The van der Waals surface area contributed by atoms with Gasteiger partial charge in [0.15, 0.2) is 0 Å². The van der Waals surface area contributed by atoms with Gasteiger partial charge in [0.2, 0.25) is 0 Å². The molecule has 1 unspecified atom stereocenters. The summed E-state index contributed by atoms with van der Waals surface area (Å²) < 4.78 is 22.3. The number of carbonyl (C=O) groups is 5. The van der Waals surface area contributed by atoms with Gasteiger partial charge in [0.05, 0.1) is 33.9 Å². The van der Waals surface area contributed by atoms with Crippen LogP contribution in [0, 0.1) is 0 Å². The van der Waals surface area contributed by atoms with Crippen LogP contribution in [0.3, 0.4) is 0 Å². The number of carboxylic acid groups (broad SMARTS) is 2. The molecule has 1 amide bonds. The van der Waals surface area contributed by atoms with Gasteiger partial charge in [-0.25, -0.2) is 19.2 Å². The van der Waals surface area contributed by atoms with E-state index in [4.69, 9.17) is 18.9 Å². The summed E-state index contributed by atoms with van der Waals surface area (Å²) in [7, 11) is 0. The van der Waals surface area contributed by atoms with E-state index in [2.05, 4.69) is 10.8 Å². The molecular weight excluding hydrogens is 773 g/mol. The second-order valence-electron chi connectivity index (χ2n) is 13.1. The number of rotatable bonds is 18. The minimum atomic E-state index is -1.34. The number of carbonyl (C=O) groups excluding carboxylic acids is 3. The first-order valence-corrected chi connectivity index (χ1v) is 18.4. The lowest BCUT2D eigenvalue weighted by molar-refractivity contribution is 0.0463. The number of hydrogen-bond donors (Lipinski definition) is 5. The smallest absolute Gasteiger partial charge is 0.338 e. The summed E-state index contributed by atoms with van der Waals surface area (Å²) in [6, 6.07) is 37.6. The third-order valence-electron chi connectivity index (χ3n) is 9.06. The highest BCUT2D eigenvalue weighted by molar-refractivity contribution is 6.12. The Morgan fingerprint density at radius 3 is 1.52 bits per heavy atom. The van der Waals surface area contributed by atoms with E-state index in [0.29, 0.717) is 22.7 Å². The van der Waals surface area contributed by atoms with Crippen LogP contribution in [0.2, 0.25) is 0 Å². The summed E-state index contributed by atoms with van der Waals surface area (Å²) in [5, 5.41) is 32.3. The number of esters is 2. The van der Waals surface area contributed by atoms with Crippen LogP contribution in [-0.4, -0.2) is 58.4 Å². The fraction of sp³-hybridized carbons (Fsp3) is 0.109. The Labute approximate surface area is 343 Å². The van der Waals surface area contributed by atoms with Crippen molar-refractivity contribution in [2.45, 2.75) is 19.3 Å². The molecule has 60 heavy (non-hydrogen) atoms. The Bertz CT molecular complexity index is 2460. The molecule has 0 saturated heterocycles. The maximum Gasteiger partial charge on any atom is 0.338 e. The minimum absolute atomic E-state index is 0.00668. The summed E-state index contributed by atoms with van der Waals surface area (Å²) >= 11 is 0. The van der Waals surface area contributed by atoms with Gasteiger partial charge in [-0.15, -0.1) is 0 Å². The average Bonchev–Trinajstić information content (AvgIpc) is 3.27. The van der Waals surface area contributed by atoms with Crippen molar-refractivity contribution in [2.75, 3.05) is 18.5 Å². The Morgan fingerprint density at radius 1 is 0.533 bits per heavy atom. The first kappa shape index (κ1) is 41.8. The Hall–Kier alpha value is -7.81. The second-order valence-corrected chi connectivity index (χ2v) is 13.1. The lowest BCUT2D eigenvalue weighted by Gasteiger charge is -2.19. The van der Waals surface area contributed by atoms with Crippen molar-refractivity contribution in [1.29, 1.82) is 0 Å². The van der Waals surface area contributed by atoms with Crippen molar-refractivity contribution in [2.24, 2.45) is 0 Å². The van der Waals surface area contributed by atoms with Crippen LogP contribution in [0.1, 0.15) is 80.1 Å². The molecule has 304 valence electrons. The molecule has 0 aromatic heterocycles. The molecule has 0 aliphatic carbocycles. The molecule has 5 N–H and O–H groups in total. The molecule has 1 atom stereocenters. The normalized spacial score (nSPS) is 11.2. The fourth-order valence-corrected chi connectivity index (χ4v) is 6.01. The first-order chi connectivity index (χ1) is 29.1. The van der Waals surface area contributed by atoms with E-state index in [0.717, 1.165) is 11.1 Å². The van der Waals surface area contributed by atoms with Gasteiger partial charge in [0.25, 0.3) is 5.91 Å². The van der Waals surface area contributed by atoms with Crippen LogP contribution < -0.4 is 20.3 Å². The average molecular weight is 811 g/mol. The van der Waals surface area contributed by atoms with Crippen molar-refractivity contribution in [3.05, 3.63) is 196 Å². The number of anilines is 1. The van der Waals surface area contributed by atoms with Gasteiger partial charge in [0.1, 0.15) is 37.9 Å². The molecule has 14 nitrogen and oxygen atoms in total. The van der Waals surface area contributed by atoms with Crippen LogP contribution in [0.5, 0.6) is 11.5 Å². The van der Waals surface area contributed by atoms with Crippen molar-refractivity contribution in [3.8, 4) is 11.5 Å². The van der Waals surface area contributed by atoms with Gasteiger partial charge in [-0.2, -0.15) is 5.48 Å². The van der Waals surface area contributed by atoms with E-state index in [1.807, 2.05) is 36.4 Å². The Morgan fingerprint density at radius 2 is 1.02 bits per heavy atom. The summed E-state index contributed by atoms with van der Waals surface area (Å²) in [5.41, 5.74) is 4.18. The topological polar surface area (TPSA) is 207 Å². The van der Waals surface area contributed by atoms with Crippen LogP contribution in [0.25, 0.3) is 0 Å². The van der Waals surface area contributed by atoms with Crippen LogP contribution >= 0.6 is 0 Å². The largest absolute Gasteiger partial charge is 0.490 e. The zero-order chi connectivity index (χ0) is 42.4. The molecular formula is C46H38N2O12. The van der Waals surface area contributed by atoms with E-state index in [-0.39, 0.29) is 59.8 Å². The molecule has 0 fully saturated rings. The Kier molecular flexibility index (Phi) is 14.0. The maximum absolute atomic E-state index is 13.2. The number of hydroxylamine groups is 1. The lowest BCUT2D eigenvalue weighted by atomic mass is 9.93. The van der Waals surface area contributed by atoms with E-state index in [1.165, 1.54) is 36.4 Å². The quantitative estimate of drug-likeness (QED) is 0.0323. The maximum atomic E-state index is 13.2. The predicted molar refractivity (Wildman–Crippen MR) is 217 cm³/mol. The molecule has 6 aromatic carbocycles. The molecule has 14 heteroatoms. The number of benzene rings is 6. The first-order valence-electron chi connectivity index (χ1n) is 18.4. The number of amides is 1. The predicted octanol–water partition coefficient (Wildman–Crippen LogP) is 7.58. The molecule has 6 rings (SSSR count). The molecule has 0 aliphatic heterocycles. The number of aromatic carboxylic acids is 2. The minimum Gasteiger partial charge on any atom is -0.490 e. The van der Waals surface area contributed by atoms with E-state index in [9.17, 15) is 39.4 Å². The number of ether oxygens (including phenoxy) is 4. The monoisotopic (exact) mass is 810 g/mol. The molecule has 6 aromatic rings. The van der Waals surface area contributed by atoms with Gasteiger partial charge < -0.3 is 39.7 Å². The standard InChI is InChI=1S/C46H38N2O12/c49-42(40-26-33(14-22-38(40)44(52)53)46(55)60-28-30-9-5-2-6-10-30)47-34-15-19-36(20-16-34)58-24-23-57-35-17-11-31(12-18-35)41(48-56)39-25-32(13-21-37(39)43(50)51)45(54)59-27-29-7-3-1-4-8-29/h1-22,25-26,41,48,56H,23-24,27-28H2,(H,47,49)(H,50,51)(H,52,53). The molecule has 0 aliphatic rings. The summed E-state index contributed by atoms with van der Waals surface area (Å²) in [5.74, 6) is -3.78. The third kappa shape index (κ3) is 11.0. The van der Waals surface area contributed by atoms with Crippen LogP contribution in [0.15, 0.2) is 146 Å². The van der Waals surface area contributed by atoms with Crippen LogP contribution in [-0.2, 0) is 22.7 Å². The molecule has 0 heterocycles. The fourth-order valence-electron chi connectivity index (χ4n) is 6.01. The van der Waals surface area contributed by atoms with Crippen molar-refractivity contribution in [3.63, 3.8) is 0 Å². The number of nitrogens with one attached hydrogen (secondary N) is 2. The third-order valence-corrected chi connectivity index (χ3v) is 9.06. The van der Waals surface area contributed by atoms with E-state index >= 15 is 0 Å². The summed E-state index contributed by atoms with van der Waals surface area (Å²) in [4.78, 5) is 62.7. The number of hydrogen-bond acceptors (Lipinski definition) is 11. The van der Waals surface area contributed by atoms with Crippen molar-refractivity contribution in [1.82, 2.24) is 5.48 Å². The SMILES string of the molecule is O=C(OCc1ccccc1)c1ccc(C(=O)O)c(C(=O)Nc2ccc(OCCOc3ccc(C(NO)c4cc(C(=O)OCc5ccccc5)ccc4C(=O)O)cc3)cc2)c1. The highest BCUT2D eigenvalue weighted by atomic mass is 16.5. The summed E-state index contributed by atoms with van der Waals surface area (Å²) in [6.07, 6.45) is 0. The van der Waals surface area contributed by atoms with Crippen LogP contribution in [0.4, 0.5) is 5.69 Å². The van der Waals surface area contributed by atoms with Gasteiger partial charge in [-0.1, -0.05) is 72.8 Å². The van der Waals surface area contributed by atoms with Gasteiger partial charge in [0, 0.05) is 5.69 Å².